The number of sulfonamides is 1. The predicted molar refractivity (Wildman–Crippen MR) is 91.0 cm³/mol. The second kappa shape index (κ2) is 6.28. The van der Waals surface area contributed by atoms with E-state index >= 15 is 0 Å². The molecule has 0 spiro atoms. The van der Waals surface area contributed by atoms with Crippen LogP contribution in [0.1, 0.15) is 63.2 Å². The molecular formula is C17H25FN2O3S. The van der Waals surface area contributed by atoms with Gasteiger partial charge in [0, 0.05) is 23.6 Å². The molecule has 5 nitrogen and oxygen atoms in total. The minimum Gasteiger partial charge on any atom is -0.487 e. The first kappa shape index (κ1) is 17.6. The molecule has 1 aromatic carbocycles. The third-order valence-electron chi connectivity index (χ3n) is 4.72. The SMILES string of the molecule is CCS(=O)(=O)NC1CC(C)(C)Oc2cc(C3CCCN3)c(F)cc21. The highest BCUT2D eigenvalue weighted by molar-refractivity contribution is 7.89. The predicted octanol–water partition coefficient (Wildman–Crippen LogP) is 2.79. The Hall–Kier alpha value is -1.18. The molecule has 1 fully saturated rings. The van der Waals surface area contributed by atoms with Crippen molar-refractivity contribution in [3.05, 3.63) is 29.1 Å². The molecule has 3 rings (SSSR count). The Morgan fingerprint density at radius 1 is 1.38 bits per heavy atom. The zero-order chi connectivity index (χ0) is 17.5. The van der Waals surface area contributed by atoms with Crippen LogP contribution in [0.5, 0.6) is 5.75 Å². The van der Waals surface area contributed by atoms with Gasteiger partial charge < -0.3 is 10.1 Å². The van der Waals surface area contributed by atoms with E-state index in [0.29, 0.717) is 23.3 Å². The molecule has 2 aliphatic heterocycles. The van der Waals surface area contributed by atoms with Gasteiger partial charge in [0.15, 0.2) is 0 Å². The van der Waals surface area contributed by atoms with Gasteiger partial charge in [0.05, 0.1) is 11.8 Å². The van der Waals surface area contributed by atoms with Gasteiger partial charge in [-0.05, 0) is 52.3 Å². The minimum absolute atomic E-state index is 0.00489. The molecular weight excluding hydrogens is 331 g/mol. The van der Waals surface area contributed by atoms with Crippen LogP contribution in [0.2, 0.25) is 0 Å². The zero-order valence-electron chi connectivity index (χ0n) is 14.4. The summed E-state index contributed by atoms with van der Waals surface area (Å²) in [5, 5.41) is 3.29. The van der Waals surface area contributed by atoms with Crippen LogP contribution in [0.25, 0.3) is 0 Å². The van der Waals surface area contributed by atoms with Gasteiger partial charge in [0.1, 0.15) is 17.2 Å². The van der Waals surface area contributed by atoms with E-state index in [1.807, 2.05) is 13.8 Å². The third kappa shape index (κ3) is 3.58. The smallest absolute Gasteiger partial charge is 0.211 e. The topological polar surface area (TPSA) is 67.4 Å². The fourth-order valence-electron chi connectivity index (χ4n) is 3.51. The van der Waals surface area contributed by atoms with Crippen molar-refractivity contribution in [2.45, 2.75) is 57.7 Å². The monoisotopic (exact) mass is 356 g/mol. The lowest BCUT2D eigenvalue weighted by Crippen LogP contribution is -2.41. The van der Waals surface area contributed by atoms with E-state index in [1.54, 1.807) is 13.0 Å². The highest BCUT2D eigenvalue weighted by Crippen LogP contribution is 2.42. The van der Waals surface area contributed by atoms with E-state index in [2.05, 4.69) is 10.0 Å². The van der Waals surface area contributed by atoms with Gasteiger partial charge >= 0.3 is 0 Å². The molecule has 0 amide bonds. The first-order chi connectivity index (χ1) is 11.2. The molecule has 0 radical (unpaired) electrons. The van der Waals surface area contributed by atoms with Gasteiger partial charge in [-0.3, -0.25) is 0 Å². The second-order valence-corrected chi connectivity index (χ2v) is 9.24. The van der Waals surface area contributed by atoms with Crippen molar-refractivity contribution in [3.63, 3.8) is 0 Å². The lowest BCUT2D eigenvalue weighted by atomic mass is 9.88. The van der Waals surface area contributed by atoms with Gasteiger partial charge in [0.2, 0.25) is 10.0 Å². The van der Waals surface area contributed by atoms with Crippen LogP contribution in [0, 0.1) is 5.82 Å². The highest BCUT2D eigenvalue weighted by Gasteiger charge is 2.37. The molecule has 2 atom stereocenters. The Bertz CT molecular complexity index is 728. The number of hydrogen-bond donors (Lipinski definition) is 2. The van der Waals surface area contributed by atoms with Gasteiger partial charge in [-0.15, -0.1) is 0 Å². The van der Waals surface area contributed by atoms with E-state index in [1.165, 1.54) is 6.07 Å². The molecule has 0 aliphatic carbocycles. The van der Waals surface area contributed by atoms with Crippen LogP contribution in [0.15, 0.2) is 12.1 Å². The summed E-state index contributed by atoms with van der Waals surface area (Å²) in [4.78, 5) is 0. The molecule has 24 heavy (non-hydrogen) atoms. The van der Waals surface area contributed by atoms with E-state index in [-0.39, 0.29) is 17.6 Å². The maximum Gasteiger partial charge on any atom is 0.211 e. The average molecular weight is 356 g/mol. The molecule has 2 N–H and O–H groups in total. The lowest BCUT2D eigenvalue weighted by molar-refractivity contribution is 0.0697. The largest absolute Gasteiger partial charge is 0.487 e. The second-order valence-electron chi connectivity index (χ2n) is 7.20. The Balaban J connectivity index is 2.01. The summed E-state index contributed by atoms with van der Waals surface area (Å²) in [5.74, 6) is 0.254. The number of hydrogen-bond acceptors (Lipinski definition) is 4. The summed E-state index contributed by atoms with van der Waals surface area (Å²) >= 11 is 0. The van der Waals surface area contributed by atoms with E-state index in [9.17, 15) is 12.8 Å². The van der Waals surface area contributed by atoms with Crippen LogP contribution in [0.4, 0.5) is 4.39 Å². The first-order valence-corrected chi connectivity index (χ1v) is 10.1. The zero-order valence-corrected chi connectivity index (χ0v) is 15.2. The van der Waals surface area contributed by atoms with Gasteiger partial charge in [-0.25, -0.2) is 17.5 Å². The Kier molecular flexibility index (Phi) is 4.61. The molecule has 7 heteroatoms. The Labute approximate surface area is 143 Å². The average Bonchev–Trinajstić information content (AvgIpc) is 3.00. The quantitative estimate of drug-likeness (QED) is 0.871. The normalized spacial score (nSPS) is 26.0. The summed E-state index contributed by atoms with van der Waals surface area (Å²) in [5.41, 5.74) is 0.651. The van der Waals surface area contributed by atoms with E-state index in [4.69, 9.17) is 4.74 Å². The van der Waals surface area contributed by atoms with Crippen molar-refractivity contribution >= 4 is 10.0 Å². The fourth-order valence-corrected chi connectivity index (χ4v) is 4.32. The highest BCUT2D eigenvalue weighted by atomic mass is 32.2. The molecule has 134 valence electrons. The third-order valence-corrected chi connectivity index (χ3v) is 6.13. The summed E-state index contributed by atoms with van der Waals surface area (Å²) in [6, 6.07) is 2.69. The van der Waals surface area contributed by atoms with Gasteiger partial charge in [-0.2, -0.15) is 0 Å². The number of nitrogens with one attached hydrogen (secondary N) is 2. The van der Waals surface area contributed by atoms with Crippen LogP contribution in [-0.2, 0) is 10.0 Å². The summed E-state index contributed by atoms with van der Waals surface area (Å²) < 4.78 is 47.3. The van der Waals surface area contributed by atoms with Crippen molar-refractivity contribution in [1.29, 1.82) is 0 Å². The molecule has 1 saturated heterocycles. The van der Waals surface area contributed by atoms with E-state index in [0.717, 1.165) is 19.4 Å². The van der Waals surface area contributed by atoms with Crippen LogP contribution >= 0.6 is 0 Å². The summed E-state index contributed by atoms with van der Waals surface area (Å²) in [6.07, 6.45) is 2.37. The molecule has 2 unspecified atom stereocenters. The minimum atomic E-state index is -3.39. The van der Waals surface area contributed by atoms with Crippen LogP contribution in [0.3, 0.4) is 0 Å². The standard InChI is InChI=1S/C17H25FN2O3S/c1-4-24(21,22)20-15-10-17(2,3)23-16-9-11(13(18)8-12(15)16)14-6-5-7-19-14/h8-9,14-15,19-20H,4-7,10H2,1-3H3. The summed E-state index contributed by atoms with van der Waals surface area (Å²) in [6.45, 7) is 6.30. The maximum absolute atomic E-state index is 14.6. The van der Waals surface area contributed by atoms with Crippen LogP contribution < -0.4 is 14.8 Å². The number of benzene rings is 1. The fraction of sp³-hybridized carbons (Fsp3) is 0.647. The lowest BCUT2D eigenvalue weighted by Gasteiger charge is -2.38. The summed E-state index contributed by atoms with van der Waals surface area (Å²) in [7, 11) is -3.39. The molecule has 0 saturated carbocycles. The van der Waals surface area contributed by atoms with Crippen molar-refractivity contribution in [3.8, 4) is 5.75 Å². The van der Waals surface area contributed by atoms with Gasteiger partial charge in [0.25, 0.3) is 0 Å². The molecule has 2 aliphatic rings. The Morgan fingerprint density at radius 2 is 2.12 bits per heavy atom. The molecule has 0 aromatic heterocycles. The van der Waals surface area contributed by atoms with Crippen molar-refractivity contribution in [2.75, 3.05) is 12.3 Å². The molecule has 1 aromatic rings. The van der Waals surface area contributed by atoms with Crippen molar-refractivity contribution < 1.29 is 17.5 Å². The first-order valence-electron chi connectivity index (χ1n) is 8.46. The molecule has 2 heterocycles. The maximum atomic E-state index is 14.6. The molecule has 0 bridgehead atoms. The number of halogens is 1. The number of fused-ring (bicyclic) bond motifs is 1. The number of rotatable bonds is 4. The van der Waals surface area contributed by atoms with Crippen LogP contribution in [-0.4, -0.2) is 26.3 Å². The van der Waals surface area contributed by atoms with Crippen molar-refractivity contribution in [1.82, 2.24) is 10.0 Å². The van der Waals surface area contributed by atoms with Gasteiger partial charge in [-0.1, -0.05) is 0 Å². The van der Waals surface area contributed by atoms with E-state index < -0.39 is 21.7 Å². The Morgan fingerprint density at radius 3 is 2.75 bits per heavy atom. The van der Waals surface area contributed by atoms with Crippen molar-refractivity contribution in [2.24, 2.45) is 0 Å². The number of ether oxygens (including phenoxy) is 1.